The topological polar surface area (TPSA) is 55.1 Å². The smallest absolute Gasteiger partial charge is 0.243 e. The first-order chi connectivity index (χ1) is 8.55. The highest BCUT2D eigenvalue weighted by molar-refractivity contribution is 6.30. The van der Waals surface area contributed by atoms with Gasteiger partial charge in [0.15, 0.2) is 0 Å². The van der Waals surface area contributed by atoms with Crippen LogP contribution in [-0.2, 0) is 4.79 Å². The average molecular weight is 267 g/mol. The molecule has 2 atom stereocenters. The summed E-state index contributed by atoms with van der Waals surface area (Å²) in [5.41, 5.74) is 5.91. The molecule has 1 aliphatic carbocycles. The molecule has 4 heteroatoms. The van der Waals surface area contributed by atoms with Gasteiger partial charge < -0.3 is 11.1 Å². The zero-order valence-corrected chi connectivity index (χ0v) is 11.3. The minimum Gasteiger partial charge on any atom is -0.371 e. The van der Waals surface area contributed by atoms with Crippen LogP contribution >= 0.6 is 11.6 Å². The maximum atomic E-state index is 11.8. The largest absolute Gasteiger partial charge is 0.371 e. The number of primary amides is 1. The number of benzene rings is 1. The van der Waals surface area contributed by atoms with E-state index < -0.39 is 5.54 Å². The molecule has 1 aromatic carbocycles. The van der Waals surface area contributed by atoms with Gasteiger partial charge in [-0.1, -0.05) is 24.9 Å². The molecule has 0 aromatic heterocycles. The second-order valence-corrected chi connectivity index (χ2v) is 5.53. The summed E-state index contributed by atoms with van der Waals surface area (Å²) < 4.78 is 0. The lowest BCUT2D eigenvalue weighted by molar-refractivity contribution is -0.122. The van der Waals surface area contributed by atoms with Gasteiger partial charge in [-0.05, 0) is 49.4 Å². The molecule has 98 valence electrons. The van der Waals surface area contributed by atoms with E-state index in [0.29, 0.717) is 10.9 Å². The van der Waals surface area contributed by atoms with Gasteiger partial charge in [-0.15, -0.1) is 0 Å². The number of carbonyl (C=O) groups is 1. The standard InChI is InChI=1S/C14H19ClN2O/c1-2-10-7-8-14(9-10,13(16)18)17-12-5-3-11(15)4-6-12/h3-6,10,17H,2,7-9H2,1H3,(H2,16,18). The van der Waals surface area contributed by atoms with Gasteiger partial charge in [0.25, 0.3) is 0 Å². The molecule has 1 aromatic rings. The molecular formula is C14H19ClN2O. The molecule has 1 fully saturated rings. The van der Waals surface area contributed by atoms with Crippen LogP contribution in [0.3, 0.4) is 0 Å². The van der Waals surface area contributed by atoms with Crippen LogP contribution in [0.1, 0.15) is 32.6 Å². The number of hydrogen-bond donors (Lipinski definition) is 2. The summed E-state index contributed by atoms with van der Waals surface area (Å²) in [5.74, 6) is 0.325. The maximum Gasteiger partial charge on any atom is 0.243 e. The summed E-state index contributed by atoms with van der Waals surface area (Å²) >= 11 is 5.85. The average Bonchev–Trinajstić information content (AvgIpc) is 2.77. The van der Waals surface area contributed by atoms with Gasteiger partial charge in [0.2, 0.25) is 5.91 Å². The molecule has 2 rings (SSSR count). The Morgan fingerprint density at radius 1 is 1.50 bits per heavy atom. The highest BCUT2D eigenvalue weighted by atomic mass is 35.5. The zero-order valence-electron chi connectivity index (χ0n) is 10.6. The van der Waals surface area contributed by atoms with E-state index in [-0.39, 0.29) is 5.91 Å². The highest BCUT2D eigenvalue weighted by Crippen LogP contribution is 2.38. The zero-order chi connectivity index (χ0) is 13.2. The fourth-order valence-corrected chi connectivity index (χ4v) is 2.83. The van der Waals surface area contributed by atoms with Crippen LogP contribution in [0.15, 0.2) is 24.3 Å². The summed E-state index contributed by atoms with van der Waals surface area (Å²) in [6.07, 6.45) is 3.78. The molecule has 1 amide bonds. The van der Waals surface area contributed by atoms with Crippen LogP contribution < -0.4 is 11.1 Å². The van der Waals surface area contributed by atoms with Crippen LogP contribution in [0.25, 0.3) is 0 Å². The maximum absolute atomic E-state index is 11.8. The van der Waals surface area contributed by atoms with Gasteiger partial charge in [-0.2, -0.15) is 0 Å². The number of hydrogen-bond acceptors (Lipinski definition) is 2. The first-order valence-electron chi connectivity index (χ1n) is 6.39. The van der Waals surface area contributed by atoms with Gasteiger partial charge in [0.1, 0.15) is 5.54 Å². The Hall–Kier alpha value is -1.22. The second-order valence-electron chi connectivity index (χ2n) is 5.10. The number of nitrogens with two attached hydrogens (primary N) is 1. The van der Waals surface area contributed by atoms with Crippen molar-refractivity contribution in [3.8, 4) is 0 Å². The lowest BCUT2D eigenvalue weighted by Gasteiger charge is -2.28. The SMILES string of the molecule is CCC1CCC(Nc2ccc(Cl)cc2)(C(N)=O)C1. The fraction of sp³-hybridized carbons (Fsp3) is 0.500. The van der Waals surface area contributed by atoms with Crippen molar-refractivity contribution in [2.24, 2.45) is 11.7 Å². The van der Waals surface area contributed by atoms with E-state index in [9.17, 15) is 4.79 Å². The summed E-state index contributed by atoms with van der Waals surface area (Å²) in [4.78, 5) is 11.8. The molecule has 1 aliphatic rings. The first-order valence-corrected chi connectivity index (χ1v) is 6.77. The normalized spacial score (nSPS) is 27.1. The third kappa shape index (κ3) is 2.61. The lowest BCUT2D eigenvalue weighted by atomic mass is 9.93. The van der Waals surface area contributed by atoms with Gasteiger partial charge in [0, 0.05) is 10.7 Å². The fourth-order valence-electron chi connectivity index (χ4n) is 2.70. The Labute approximate surface area is 113 Å². The number of halogens is 1. The van der Waals surface area contributed by atoms with E-state index in [0.717, 1.165) is 31.4 Å². The first kappa shape index (κ1) is 13.2. The predicted octanol–water partition coefficient (Wildman–Crippen LogP) is 3.19. The van der Waals surface area contributed by atoms with E-state index in [1.165, 1.54) is 0 Å². The van der Waals surface area contributed by atoms with Crippen molar-refractivity contribution in [1.29, 1.82) is 0 Å². The number of amides is 1. The van der Waals surface area contributed by atoms with Gasteiger partial charge in [0.05, 0.1) is 0 Å². The Bertz CT molecular complexity index is 432. The summed E-state index contributed by atoms with van der Waals surface area (Å²) in [7, 11) is 0. The molecule has 0 bridgehead atoms. The van der Waals surface area contributed by atoms with Crippen molar-refractivity contribution >= 4 is 23.2 Å². The molecule has 3 nitrogen and oxygen atoms in total. The van der Waals surface area contributed by atoms with Crippen molar-refractivity contribution in [2.45, 2.75) is 38.1 Å². The van der Waals surface area contributed by atoms with Crippen molar-refractivity contribution in [1.82, 2.24) is 0 Å². The van der Waals surface area contributed by atoms with Crippen molar-refractivity contribution in [3.63, 3.8) is 0 Å². The van der Waals surface area contributed by atoms with E-state index in [1.807, 2.05) is 24.3 Å². The van der Waals surface area contributed by atoms with Gasteiger partial charge >= 0.3 is 0 Å². The van der Waals surface area contributed by atoms with Crippen LogP contribution in [0.2, 0.25) is 5.02 Å². The Morgan fingerprint density at radius 2 is 2.17 bits per heavy atom. The molecule has 0 saturated heterocycles. The van der Waals surface area contributed by atoms with E-state index in [1.54, 1.807) is 0 Å². The molecule has 2 unspecified atom stereocenters. The van der Waals surface area contributed by atoms with Crippen LogP contribution in [-0.4, -0.2) is 11.4 Å². The molecular weight excluding hydrogens is 248 g/mol. The summed E-state index contributed by atoms with van der Waals surface area (Å²) in [5, 5.41) is 4.00. The Morgan fingerprint density at radius 3 is 2.67 bits per heavy atom. The molecule has 1 saturated carbocycles. The monoisotopic (exact) mass is 266 g/mol. The number of anilines is 1. The number of rotatable bonds is 4. The minimum atomic E-state index is -0.589. The van der Waals surface area contributed by atoms with E-state index in [2.05, 4.69) is 12.2 Å². The molecule has 0 heterocycles. The third-order valence-corrected chi connectivity index (χ3v) is 4.15. The highest BCUT2D eigenvalue weighted by Gasteiger charge is 2.43. The molecule has 18 heavy (non-hydrogen) atoms. The third-order valence-electron chi connectivity index (χ3n) is 3.89. The van der Waals surface area contributed by atoms with Crippen molar-refractivity contribution < 1.29 is 4.79 Å². The quantitative estimate of drug-likeness (QED) is 0.879. The second kappa shape index (κ2) is 5.19. The van der Waals surface area contributed by atoms with Crippen LogP contribution in [0.5, 0.6) is 0 Å². The van der Waals surface area contributed by atoms with E-state index >= 15 is 0 Å². The molecule has 0 aliphatic heterocycles. The lowest BCUT2D eigenvalue weighted by Crippen LogP contribution is -2.48. The van der Waals surface area contributed by atoms with Crippen LogP contribution in [0, 0.1) is 5.92 Å². The van der Waals surface area contributed by atoms with Crippen molar-refractivity contribution in [3.05, 3.63) is 29.3 Å². The predicted molar refractivity (Wildman–Crippen MR) is 74.6 cm³/mol. The van der Waals surface area contributed by atoms with Crippen LogP contribution in [0.4, 0.5) is 5.69 Å². The number of carbonyl (C=O) groups excluding carboxylic acids is 1. The Kier molecular flexibility index (Phi) is 3.81. The molecule has 0 spiro atoms. The molecule has 3 N–H and O–H groups in total. The molecule has 0 radical (unpaired) electrons. The minimum absolute atomic E-state index is 0.256. The van der Waals surface area contributed by atoms with Gasteiger partial charge in [-0.3, -0.25) is 4.79 Å². The summed E-state index contributed by atoms with van der Waals surface area (Å²) in [6.45, 7) is 2.16. The van der Waals surface area contributed by atoms with Gasteiger partial charge in [-0.25, -0.2) is 0 Å². The summed E-state index contributed by atoms with van der Waals surface area (Å²) in [6, 6.07) is 7.38. The number of nitrogens with one attached hydrogen (secondary N) is 1. The van der Waals surface area contributed by atoms with E-state index in [4.69, 9.17) is 17.3 Å². The Balaban J connectivity index is 2.17. The van der Waals surface area contributed by atoms with Crippen molar-refractivity contribution in [2.75, 3.05) is 5.32 Å².